The fourth-order valence-electron chi connectivity index (χ4n) is 6.14. The highest BCUT2D eigenvalue weighted by molar-refractivity contribution is 5.96. The van der Waals surface area contributed by atoms with E-state index in [1.807, 2.05) is 6.92 Å². The van der Waals surface area contributed by atoms with Crippen molar-refractivity contribution in [3.63, 3.8) is 0 Å². The van der Waals surface area contributed by atoms with Crippen molar-refractivity contribution in [1.82, 2.24) is 9.80 Å². The van der Waals surface area contributed by atoms with Crippen LogP contribution in [0.3, 0.4) is 0 Å². The summed E-state index contributed by atoms with van der Waals surface area (Å²) < 4.78 is 13.3. The van der Waals surface area contributed by atoms with Crippen molar-refractivity contribution in [1.29, 1.82) is 0 Å². The molecule has 1 aliphatic heterocycles. The third-order valence-electron chi connectivity index (χ3n) is 8.14. The Bertz CT molecular complexity index is 1070. The lowest BCUT2D eigenvalue weighted by atomic mass is 9.55. The number of piperidine rings is 1. The number of phenols is 2. The molecule has 3 N–H and O–H groups in total. The van der Waals surface area contributed by atoms with Crippen molar-refractivity contribution in [2.75, 3.05) is 13.1 Å². The molecule has 2 amide bonds. The van der Waals surface area contributed by atoms with E-state index in [2.05, 4.69) is 18.1 Å². The molecule has 202 valence electrons. The van der Waals surface area contributed by atoms with E-state index >= 15 is 0 Å². The zero-order valence-electron chi connectivity index (χ0n) is 21.8. The molecule has 0 radical (unpaired) electrons. The van der Waals surface area contributed by atoms with E-state index in [4.69, 9.17) is 0 Å². The predicted molar refractivity (Wildman–Crippen MR) is 140 cm³/mol. The number of aliphatic hydroxyl groups is 1. The molecule has 4 atom stereocenters. The average molecular weight is 515 g/mol. The normalized spacial score (nSPS) is 28.3. The Morgan fingerprint density at radius 3 is 2.49 bits per heavy atom. The number of hydrogen-bond donors (Lipinski definition) is 3. The molecule has 0 aromatic heterocycles. The van der Waals surface area contributed by atoms with Gasteiger partial charge in [-0.2, -0.15) is 0 Å². The summed E-state index contributed by atoms with van der Waals surface area (Å²) in [5.41, 5.74) is -0.958. The summed E-state index contributed by atoms with van der Waals surface area (Å²) in [6.45, 7) is 12.0. The quantitative estimate of drug-likeness (QED) is 0.334. The van der Waals surface area contributed by atoms with Crippen molar-refractivity contribution in [2.45, 2.75) is 76.5 Å². The number of carbonyl (C=O) groups is 2. The second kappa shape index (κ2) is 11.6. The van der Waals surface area contributed by atoms with E-state index in [0.717, 1.165) is 5.56 Å². The first-order valence-electron chi connectivity index (χ1n) is 12.8. The van der Waals surface area contributed by atoms with Gasteiger partial charge in [0, 0.05) is 36.9 Å². The van der Waals surface area contributed by atoms with Crippen LogP contribution >= 0.6 is 0 Å². The number of benzene rings is 1. The van der Waals surface area contributed by atoms with E-state index in [9.17, 15) is 29.3 Å². The van der Waals surface area contributed by atoms with Gasteiger partial charge in [-0.05, 0) is 69.3 Å². The second-order valence-electron chi connectivity index (χ2n) is 10.6. The topological polar surface area (TPSA) is 101 Å². The van der Waals surface area contributed by atoms with Crippen LogP contribution in [0.15, 0.2) is 55.4 Å². The van der Waals surface area contributed by atoms with Crippen molar-refractivity contribution in [3.05, 3.63) is 61.0 Å². The first-order valence-corrected chi connectivity index (χ1v) is 12.8. The molecule has 1 heterocycles. The highest BCUT2D eigenvalue weighted by Gasteiger charge is 2.59. The molecular formula is C29H39FN2O5. The fourth-order valence-corrected chi connectivity index (χ4v) is 6.14. The first kappa shape index (κ1) is 28.6. The largest absolute Gasteiger partial charge is 0.504 e. The van der Waals surface area contributed by atoms with Gasteiger partial charge in [0.2, 0.25) is 11.8 Å². The Morgan fingerprint density at radius 2 is 1.86 bits per heavy atom. The Kier molecular flexibility index (Phi) is 8.97. The van der Waals surface area contributed by atoms with E-state index in [1.54, 1.807) is 12.1 Å². The monoisotopic (exact) mass is 514 g/mol. The number of phenolic OH excluding ortho intramolecular Hbond substituents is 2. The van der Waals surface area contributed by atoms with E-state index in [1.165, 1.54) is 36.1 Å². The number of hydrogen-bond acceptors (Lipinski definition) is 6. The van der Waals surface area contributed by atoms with E-state index in [0.29, 0.717) is 45.2 Å². The van der Waals surface area contributed by atoms with Gasteiger partial charge in [0.25, 0.3) is 0 Å². The summed E-state index contributed by atoms with van der Waals surface area (Å²) in [4.78, 5) is 29.5. The number of imide groups is 1. The van der Waals surface area contributed by atoms with Gasteiger partial charge in [-0.25, -0.2) is 4.39 Å². The van der Waals surface area contributed by atoms with E-state index < -0.39 is 28.8 Å². The molecule has 1 aliphatic carbocycles. The van der Waals surface area contributed by atoms with Gasteiger partial charge in [0.1, 0.15) is 0 Å². The number of rotatable bonds is 9. The molecule has 3 rings (SSSR count). The number of likely N-dealkylation sites (tertiary alicyclic amines) is 1. The number of halogens is 1. The predicted octanol–water partition coefficient (Wildman–Crippen LogP) is 4.39. The van der Waals surface area contributed by atoms with Crippen LogP contribution in [-0.4, -0.2) is 67.7 Å². The molecule has 2 fully saturated rings. The number of fused-ring (bicyclic) bond motifs is 1. The molecule has 0 bridgehead atoms. The standard InChI is InChI=1S/C29H39FN2O5/c1-5-7-26(35)32(27(36)11-8-20(3)30)22-12-13-29(37)25(18-21-9-10-23(33)24(34)17-21)31(15-6-2)16-14-28(29,4)19-22/h5-6,8-10,17,22,25,33-34,37H,1-2,7,11-16,18-19H2,3-4H3/b20-8+/t22?,25-,28?,29?/m1/s1. The minimum absolute atomic E-state index is 0.00161. The van der Waals surface area contributed by atoms with Crippen LogP contribution < -0.4 is 0 Å². The van der Waals surface area contributed by atoms with E-state index in [-0.39, 0.29) is 36.3 Å². The molecule has 7 nitrogen and oxygen atoms in total. The van der Waals surface area contributed by atoms with Gasteiger partial charge in [0.05, 0.1) is 11.4 Å². The van der Waals surface area contributed by atoms with Gasteiger partial charge in [-0.3, -0.25) is 19.4 Å². The Morgan fingerprint density at radius 1 is 1.16 bits per heavy atom. The Labute approximate surface area is 218 Å². The highest BCUT2D eigenvalue weighted by Crippen LogP contribution is 2.54. The van der Waals surface area contributed by atoms with Gasteiger partial charge in [-0.1, -0.05) is 25.1 Å². The summed E-state index contributed by atoms with van der Waals surface area (Å²) in [5, 5.41) is 32.0. The molecule has 37 heavy (non-hydrogen) atoms. The summed E-state index contributed by atoms with van der Waals surface area (Å²) in [6.07, 6.45) is 6.53. The van der Waals surface area contributed by atoms with Crippen LogP contribution in [0, 0.1) is 5.41 Å². The van der Waals surface area contributed by atoms with Crippen molar-refractivity contribution < 1.29 is 29.3 Å². The van der Waals surface area contributed by atoms with Gasteiger partial charge >= 0.3 is 0 Å². The molecular weight excluding hydrogens is 475 g/mol. The van der Waals surface area contributed by atoms with Crippen molar-refractivity contribution in [2.24, 2.45) is 5.41 Å². The third-order valence-corrected chi connectivity index (χ3v) is 8.14. The zero-order valence-corrected chi connectivity index (χ0v) is 21.8. The third kappa shape index (κ3) is 5.96. The Hall–Kier alpha value is -2.97. The van der Waals surface area contributed by atoms with Crippen LogP contribution in [-0.2, 0) is 16.0 Å². The highest BCUT2D eigenvalue weighted by atomic mass is 19.1. The minimum Gasteiger partial charge on any atom is -0.504 e. The minimum atomic E-state index is -1.14. The van der Waals surface area contributed by atoms with Crippen LogP contribution in [0.2, 0.25) is 0 Å². The smallest absolute Gasteiger partial charge is 0.233 e. The lowest BCUT2D eigenvalue weighted by Crippen LogP contribution is -2.69. The molecule has 0 spiro atoms. The molecule has 8 heteroatoms. The van der Waals surface area contributed by atoms with Crippen molar-refractivity contribution in [3.8, 4) is 11.5 Å². The molecule has 1 aromatic carbocycles. The average Bonchev–Trinajstić information content (AvgIpc) is 2.83. The summed E-state index contributed by atoms with van der Waals surface area (Å²) in [5.74, 6) is -1.72. The number of nitrogens with zero attached hydrogens (tertiary/aromatic N) is 2. The molecule has 3 unspecified atom stereocenters. The molecule has 1 aromatic rings. The summed E-state index contributed by atoms with van der Waals surface area (Å²) >= 11 is 0. The van der Waals surface area contributed by atoms with Crippen LogP contribution in [0.25, 0.3) is 0 Å². The maximum Gasteiger partial charge on any atom is 0.233 e. The number of allylic oxidation sites excluding steroid dienone is 1. The maximum atomic E-state index is 13.3. The maximum absolute atomic E-state index is 13.3. The van der Waals surface area contributed by atoms with Gasteiger partial charge in [0.15, 0.2) is 11.5 Å². The van der Waals surface area contributed by atoms with Gasteiger partial charge < -0.3 is 15.3 Å². The van der Waals surface area contributed by atoms with Crippen molar-refractivity contribution >= 4 is 11.8 Å². The first-order chi connectivity index (χ1) is 17.5. The lowest BCUT2D eigenvalue weighted by molar-refractivity contribution is -0.197. The fraction of sp³-hybridized carbons (Fsp3) is 0.517. The number of amides is 2. The van der Waals surface area contributed by atoms with Crippen LogP contribution in [0.4, 0.5) is 4.39 Å². The molecule has 1 saturated carbocycles. The number of carbonyl (C=O) groups excluding carboxylic acids is 2. The summed E-state index contributed by atoms with van der Waals surface area (Å²) in [7, 11) is 0. The second-order valence-corrected chi connectivity index (χ2v) is 10.6. The zero-order chi connectivity index (χ0) is 27.4. The Balaban J connectivity index is 1.93. The van der Waals surface area contributed by atoms with Crippen LogP contribution in [0.1, 0.15) is 57.9 Å². The SMILES string of the molecule is C=CCC(=O)N(C(=O)C/C=C(\C)F)C1CCC2(O)[C@@H](Cc3ccc(O)c(O)c3)N(CC=C)CCC2(C)C1. The summed E-state index contributed by atoms with van der Waals surface area (Å²) in [6, 6.07) is 3.96. The van der Waals surface area contributed by atoms with Crippen LogP contribution in [0.5, 0.6) is 11.5 Å². The lowest BCUT2D eigenvalue weighted by Gasteiger charge is -2.61. The van der Waals surface area contributed by atoms with Gasteiger partial charge in [-0.15, -0.1) is 13.2 Å². The molecule has 2 aliphatic rings. The molecule has 1 saturated heterocycles. The number of aromatic hydroxyl groups is 2.